The number of aryl methyl sites for hydroxylation is 1. The molecule has 0 radical (unpaired) electrons. The quantitative estimate of drug-likeness (QED) is 0.145. The van der Waals surface area contributed by atoms with Crippen molar-refractivity contribution < 1.29 is 30.3 Å². The monoisotopic (exact) mass is 645 g/mol. The Morgan fingerprint density at radius 1 is 1.02 bits per heavy atom. The Bertz CT molecular complexity index is 1470. The number of benzene rings is 1. The van der Waals surface area contributed by atoms with Crippen molar-refractivity contribution in [2.45, 2.75) is 114 Å². The van der Waals surface area contributed by atoms with Gasteiger partial charge in [0.25, 0.3) is 0 Å². The zero-order chi connectivity index (χ0) is 33.3. The number of anilines is 1. The molecule has 8 N–H and O–H groups in total. The first kappa shape index (κ1) is 34.8. The van der Waals surface area contributed by atoms with Crippen molar-refractivity contribution in [2.24, 2.45) is 17.8 Å². The summed E-state index contributed by atoms with van der Waals surface area (Å²) in [6.07, 6.45) is 6.91. The minimum absolute atomic E-state index is 0.0714. The predicted molar refractivity (Wildman–Crippen MR) is 182 cm³/mol. The largest absolute Gasteiger partial charge is 0.504 e. The number of H-pyrrole nitrogens is 1. The Kier molecular flexibility index (Phi) is 12.2. The fourth-order valence-electron chi connectivity index (χ4n) is 7.37. The average Bonchev–Trinajstić information content (AvgIpc) is 3.59. The van der Waals surface area contributed by atoms with Gasteiger partial charge >= 0.3 is 0 Å². The minimum Gasteiger partial charge on any atom is -0.504 e. The number of aliphatic hydroxyl groups excluding tert-OH is 4. The molecule has 2 aliphatic rings. The van der Waals surface area contributed by atoms with Gasteiger partial charge in [-0.2, -0.15) is 0 Å². The second-order valence-corrected chi connectivity index (χ2v) is 13.5. The van der Waals surface area contributed by atoms with Gasteiger partial charge in [-0.05, 0) is 105 Å². The molecule has 0 spiro atoms. The van der Waals surface area contributed by atoms with Gasteiger partial charge in [-0.15, -0.1) is 5.92 Å². The number of ether oxygens (including phenoxy) is 1. The number of nitrogens with one attached hydrogen (secondary N) is 1. The molecule has 0 aliphatic heterocycles. The molecule has 254 valence electrons. The maximum Gasteiger partial charge on any atom is 0.161 e. The van der Waals surface area contributed by atoms with Gasteiger partial charge in [-0.3, -0.25) is 0 Å². The van der Waals surface area contributed by atoms with Crippen molar-refractivity contribution >= 4 is 5.82 Å². The number of hydrogen-bond acceptors (Lipinski definition) is 8. The van der Waals surface area contributed by atoms with Crippen molar-refractivity contribution in [3.63, 3.8) is 0 Å². The third-order valence-corrected chi connectivity index (χ3v) is 10.2. The third-order valence-electron chi connectivity index (χ3n) is 10.2. The van der Waals surface area contributed by atoms with Crippen LogP contribution in [0.3, 0.4) is 0 Å². The SMILES string of the molecule is CC[C@H]1C#CC[C@H]([C@H](O)CCc2ccc(O)c(O[C@@H]3[C@@H](O)[C@@H](O)CC[C@H]3[C@H](Cc3ccc[nH]3)c3ccnc(N)c3)c2)[C@@H](O)CCCC1. The highest BCUT2D eigenvalue weighted by atomic mass is 16.5. The maximum atomic E-state index is 11.3. The van der Waals surface area contributed by atoms with Crippen molar-refractivity contribution in [1.82, 2.24) is 9.97 Å². The maximum absolute atomic E-state index is 11.3. The highest BCUT2D eigenvalue weighted by Gasteiger charge is 2.44. The average molecular weight is 646 g/mol. The van der Waals surface area contributed by atoms with E-state index in [1.165, 1.54) is 0 Å². The van der Waals surface area contributed by atoms with E-state index in [1.54, 1.807) is 24.4 Å². The number of aromatic amines is 1. The highest BCUT2D eigenvalue weighted by Crippen LogP contribution is 2.42. The molecule has 1 saturated carbocycles. The van der Waals surface area contributed by atoms with Crippen molar-refractivity contribution in [2.75, 3.05) is 5.73 Å². The smallest absolute Gasteiger partial charge is 0.161 e. The number of rotatable bonds is 11. The first-order chi connectivity index (χ1) is 22.7. The van der Waals surface area contributed by atoms with Gasteiger partial charge in [-0.25, -0.2) is 4.98 Å². The van der Waals surface area contributed by atoms with Crippen LogP contribution in [0.25, 0.3) is 0 Å². The summed E-state index contributed by atoms with van der Waals surface area (Å²) < 4.78 is 6.45. The number of aromatic nitrogens is 2. The lowest BCUT2D eigenvalue weighted by Crippen LogP contribution is -2.51. The Hall–Kier alpha value is -3.55. The Morgan fingerprint density at radius 2 is 1.85 bits per heavy atom. The number of hydrogen-bond donors (Lipinski definition) is 7. The van der Waals surface area contributed by atoms with E-state index in [1.807, 2.05) is 30.5 Å². The lowest BCUT2D eigenvalue weighted by atomic mass is 9.71. The molecule has 9 atom stereocenters. The van der Waals surface area contributed by atoms with E-state index in [2.05, 4.69) is 28.7 Å². The van der Waals surface area contributed by atoms with Crippen LogP contribution in [0, 0.1) is 29.6 Å². The standard InChI is InChI=1S/C38H51N3O6/c1-2-24-7-3-4-11-31(42)29(10-5-8-24)32(43)15-12-25-13-16-33(44)35(21-25)47-38-28(14-17-34(45)37(38)46)30(23-27-9-6-19-40-27)26-18-20-41-36(39)22-26/h6,9,13,16,18-22,24,28-32,34,37-38,40,42-46H,2-4,7,10-12,14-15,17,23H2,1H3,(H2,39,41)/t24-,28+,29+,30-,31+,32-,34+,37+,38+/m1/s1. The first-order valence-corrected chi connectivity index (χ1v) is 17.3. The molecule has 5 rings (SSSR count). The fourth-order valence-corrected chi connectivity index (χ4v) is 7.37. The third kappa shape index (κ3) is 9.08. The van der Waals surface area contributed by atoms with E-state index >= 15 is 0 Å². The van der Waals surface area contributed by atoms with Gasteiger partial charge in [0.15, 0.2) is 11.5 Å². The van der Waals surface area contributed by atoms with Crippen LogP contribution in [0.4, 0.5) is 5.82 Å². The summed E-state index contributed by atoms with van der Waals surface area (Å²) in [6.45, 7) is 2.15. The second kappa shape index (κ2) is 16.5. The number of nitrogens with zero attached hydrogens (tertiary/aromatic N) is 1. The molecule has 0 saturated heterocycles. The highest BCUT2D eigenvalue weighted by molar-refractivity contribution is 5.42. The number of phenols is 1. The summed E-state index contributed by atoms with van der Waals surface area (Å²) in [7, 11) is 0. The zero-order valence-corrected chi connectivity index (χ0v) is 27.3. The molecule has 2 aliphatic carbocycles. The van der Waals surface area contributed by atoms with Gasteiger partial charge in [-0.1, -0.05) is 31.8 Å². The Balaban J connectivity index is 1.34. The molecule has 9 nitrogen and oxygen atoms in total. The molecule has 0 amide bonds. The molecule has 1 aromatic carbocycles. The number of aliphatic hydroxyl groups is 4. The van der Waals surface area contributed by atoms with Gasteiger partial charge in [0, 0.05) is 42.3 Å². The molecule has 3 aromatic rings. The zero-order valence-electron chi connectivity index (χ0n) is 27.3. The van der Waals surface area contributed by atoms with E-state index in [4.69, 9.17) is 10.5 Å². The van der Waals surface area contributed by atoms with Crippen molar-refractivity contribution in [3.05, 3.63) is 71.7 Å². The number of nitrogen functional groups attached to an aromatic ring is 1. The van der Waals surface area contributed by atoms with E-state index in [9.17, 15) is 25.5 Å². The second-order valence-electron chi connectivity index (χ2n) is 13.5. The first-order valence-electron chi connectivity index (χ1n) is 17.3. The van der Waals surface area contributed by atoms with E-state index < -0.39 is 30.5 Å². The normalized spacial score (nSPS) is 28.1. The predicted octanol–water partition coefficient (Wildman–Crippen LogP) is 4.87. The number of pyridine rings is 1. The van der Waals surface area contributed by atoms with E-state index in [0.717, 1.165) is 42.5 Å². The van der Waals surface area contributed by atoms with Gasteiger partial charge in [0.05, 0.1) is 18.3 Å². The van der Waals surface area contributed by atoms with Crippen molar-refractivity contribution in [3.8, 4) is 23.3 Å². The van der Waals surface area contributed by atoms with Gasteiger partial charge in [0.2, 0.25) is 0 Å². The van der Waals surface area contributed by atoms with Gasteiger partial charge in [0.1, 0.15) is 18.0 Å². The van der Waals surface area contributed by atoms with Crippen molar-refractivity contribution in [1.29, 1.82) is 0 Å². The molecular formula is C38H51N3O6. The topological polar surface area (TPSA) is 165 Å². The minimum atomic E-state index is -1.17. The van der Waals surface area contributed by atoms with Crippen LogP contribution < -0.4 is 10.5 Å². The lowest BCUT2D eigenvalue weighted by Gasteiger charge is -2.42. The lowest BCUT2D eigenvalue weighted by molar-refractivity contribution is -0.104. The van der Waals surface area contributed by atoms with Crippen LogP contribution in [0.1, 0.15) is 87.4 Å². The summed E-state index contributed by atoms with van der Waals surface area (Å²) in [5, 5.41) is 55.0. The van der Waals surface area contributed by atoms with E-state index in [-0.39, 0.29) is 29.3 Å². The van der Waals surface area contributed by atoms with Crippen LogP contribution in [-0.4, -0.2) is 66.0 Å². The summed E-state index contributed by atoms with van der Waals surface area (Å²) in [5.74, 6) is 6.84. The van der Waals surface area contributed by atoms with Crippen LogP contribution in [-0.2, 0) is 12.8 Å². The molecule has 2 heterocycles. The molecule has 2 aromatic heterocycles. The summed E-state index contributed by atoms with van der Waals surface area (Å²) in [4.78, 5) is 7.44. The van der Waals surface area contributed by atoms with Crippen LogP contribution in [0.5, 0.6) is 11.5 Å². The summed E-state index contributed by atoms with van der Waals surface area (Å²) in [6, 6.07) is 12.8. The fraction of sp³-hybridized carbons (Fsp3) is 0.553. The van der Waals surface area contributed by atoms with E-state index in [0.29, 0.717) is 56.7 Å². The molecule has 1 fully saturated rings. The summed E-state index contributed by atoms with van der Waals surface area (Å²) >= 11 is 0. The van der Waals surface area contributed by atoms with Gasteiger partial charge < -0.3 is 41.0 Å². The number of phenolic OH excluding ortho intramolecular Hbond substituents is 1. The number of nitrogens with two attached hydrogens (primary N) is 1. The van der Waals surface area contributed by atoms with Crippen LogP contribution in [0.15, 0.2) is 54.9 Å². The Labute approximate surface area is 278 Å². The molecule has 9 heteroatoms. The number of aromatic hydroxyl groups is 1. The molecule has 0 unspecified atom stereocenters. The van der Waals surface area contributed by atoms with Crippen LogP contribution >= 0.6 is 0 Å². The molecular weight excluding hydrogens is 594 g/mol. The Morgan fingerprint density at radius 3 is 2.62 bits per heavy atom. The molecule has 0 bridgehead atoms. The van der Waals surface area contributed by atoms with Crippen LogP contribution in [0.2, 0.25) is 0 Å². The molecule has 47 heavy (non-hydrogen) atoms. The summed E-state index contributed by atoms with van der Waals surface area (Å²) in [5.41, 5.74) is 8.90.